The summed E-state index contributed by atoms with van der Waals surface area (Å²) in [6.07, 6.45) is 0. The first kappa shape index (κ1) is 15.9. The number of rotatable bonds is 4. The van der Waals surface area contributed by atoms with Crippen molar-refractivity contribution in [1.82, 2.24) is 9.21 Å². The highest BCUT2D eigenvalue weighted by Crippen LogP contribution is 2.15. The van der Waals surface area contributed by atoms with E-state index in [1.807, 2.05) is 7.05 Å². The Morgan fingerprint density at radius 3 is 2.52 bits per heavy atom. The van der Waals surface area contributed by atoms with Crippen LogP contribution in [0.2, 0.25) is 0 Å². The minimum Gasteiger partial charge on any atom is -0.465 e. The molecule has 6 nitrogen and oxygen atoms in total. The van der Waals surface area contributed by atoms with Gasteiger partial charge in [0.2, 0.25) is 10.0 Å². The number of hydrogen-bond acceptors (Lipinski definition) is 5. The molecule has 0 spiro atoms. The summed E-state index contributed by atoms with van der Waals surface area (Å²) in [5.41, 5.74) is 0.959. The Labute approximate surface area is 125 Å². The molecule has 1 aromatic rings. The SMILES string of the molecule is COC(=O)c1cccc(CS(=O)(=O)N2CCN(C)CC2)c1. The van der Waals surface area contributed by atoms with E-state index in [9.17, 15) is 13.2 Å². The molecule has 0 N–H and O–H groups in total. The Morgan fingerprint density at radius 1 is 1.24 bits per heavy atom. The van der Waals surface area contributed by atoms with Gasteiger partial charge < -0.3 is 9.64 Å². The van der Waals surface area contributed by atoms with Crippen molar-refractivity contribution in [2.24, 2.45) is 0 Å². The Morgan fingerprint density at radius 2 is 1.90 bits per heavy atom. The fraction of sp³-hybridized carbons (Fsp3) is 0.500. The van der Waals surface area contributed by atoms with Crippen molar-refractivity contribution in [3.63, 3.8) is 0 Å². The van der Waals surface area contributed by atoms with Crippen molar-refractivity contribution in [2.75, 3.05) is 40.3 Å². The molecule has 0 aliphatic carbocycles. The second-order valence-electron chi connectivity index (χ2n) is 5.15. The molecule has 0 unspecified atom stereocenters. The molecule has 1 aliphatic rings. The highest BCUT2D eigenvalue weighted by Gasteiger charge is 2.26. The van der Waals surface area contributed by atoms with Gasteiger partial charge in [-0.05, 0) is 24.7 Å². The van der Waals surface area contributed by atoms with Crippen molar-refractivity contribution in [1.29, 1.82) is 0 Å². The Balaban J connectivity index is 2.11. The van der Waals surface area contributed by atoms with Crippen LogP contribution in [0.25, 0.3) is 0 Å². The third-order valence-corrected chi connectivity index (χ3v) is 5.40. The number of likely N-dealkylation sites (N-methyl/N-ethyl adjacent to an activating group) is 1. The molecule has 0 atom stereocenters. The Bertz CT molecular complexity index is 607. The zero-order valence-electron chi connectivity index (χ0n) is 12.3. The molecule has 116 valence electrons. The fourth-order valence-electron chi connectivity index (χ4n) is 2.27. The van der Waals surface area contributed by atoms with Crippen LogP contribution in [0.4, 0.5) is 0 Å². The van der Waals surface area contributed by atoms with Gasteiger partial charge in [0.25, 0.3) is 0 Å². The summed E-state index contributed by atoms with van der Waals surface area (Å²) >= 11 is 0. The molecule has 1 aromatic carbocycles. The van der Waals surface area contributed by atoms with E-state index in [1.54, 1.807) is 24.3 Å². The van der Waals surface area contributed by atoms with Crippen LogP contribution in [0.3, 0.4) is 0 Å². The molecule has 1 aliphatic heterocycles. The van der Waals surface area contributed by atoms with Gasteiger partial charge in [0.05, 0.1) is 18.4 Å². The quantitative estimate of drug-likeness (QED) is 0.760. The highest BCUT2D eigenvalue weighted by atomic mass is 32.2. The van der Waals surface area contributed by atoms with E-state index in [4.69, 9.17) is 0 Å². The Hall–Kier alpha value is -1.44. The van der Waals surface area contributed by atoms with Gasteiger partial charge in [-0.3, -0.25) is 0 Å². The highest BCUT2D eigenvalue weighted by molar-refractivity contribution is 7.88. The molecule has 21 heavy (non-hydrogen) atoms. The van der Waals surface area contributed by atoms with Crippen molar-refractivity contribution < 1.29 is 17.9 Å². The minimum atomic E-state index is -3.35. The van der Waals surface area contributed by atoms with Gasteiger partial charge in [0.15, 0.2) is 0 Å². The minimum absolute atomic E-state index is 0.0957. The molecule has 1 heterocycles. The predicted molar refractivity (Wildman–Crippen MR) is 79.5 cm³/mol. The van der Waals surface area contributed by atoms with E-state index in [0.717, 1.165) is 13.1 Å². The van der Waals surface area contributed by atoms with E-state index in [0.29, 0.717) is 24.2 Å². The third-order valence-electron chi connectivity index (χ3n) is 3.55. The summed E-state index contributed by atoms with van der Waals surface area (Å²) < 4.78 is 31.0. The lowest BCUT2D eigenvalue weighted by Gasteiger charge is -2.31. The topological polar surface area (TPSA) is 66.9 Å². The molecule has 1 saturated heterocycles. The van der Waals surface area contributed by atoms with Crippen molar-refractivity contribution >= 4 is 16.0 Å². The first-order chi connectivity index (χ1) is 9.92. The summed E-state index contributed by atoms with van der Waals surface area (Å²) in [4.78, 5) is 13.6. The zero-order chi connectivity index (χ0) is 15.5. The number of hydrogen-bond donors (Lipinski definition) is 0. The van der Waals surface area contributed by atoms with Crippen LogP contribution in [-0.4, -0.2) is 63.9 Å². The van der Waals surface area contributed by atoms with E-state index in [1.165, 1.54) is 11.4 Å². The molecule has 0 radical (unpaired) electrons. The lowest BCUT2D eigenvalue weighted by atomic mass is 10.1. The maximum atomic E-state index is 12.4. The van der Waals surface area contributed by atoms with Crippen LogP contribution < -0.4 is 0 Å². The van der Waals surface area contributed by atoms with Gasteiger partial charge in [0.1, 0.15) is 0 Å². The smallest absolute Gasteiger partial charge is 0.337 e. The third kappa shape index (κ3) is 4.03. The molecule has 0 saturated carbocycles. The first-order valence-electron chi connectivity index (χ1n) is 6.76. The van der Waals surface area contributed by atoms with Gasteiger partial charge in [-0.15, -0.1) is 0 Å². The number of ether oxygens (including phenoxy) is 1. The molecular formula is C14H20N2O4S. The average Bonchev–Trinajstić information content (AvgIpc) is 2.46. The van der Waals surface area contributed by atoms with Crippen LogP contribution in [0.5, 0.6) is 0 Å². The number of carbonyl (C=O) groups excluding carboxylic acids is 1. The number of sulfonamides is 1. The number of nitrogens with zero attached hydrogens (tertiary/aromatic N) is 2. The molecular weight excluding hydrogens is 292 g/mol. The molecule has 7 heteroatoms. The summed E-state index contributed by atoms with van der Waals surface area (Å²) in [6, 6.07) is 6.55. The second kappa shape index (κ2) is 6.55. The molecule has 1 fully saturated rings. The van der Waals surface area contributed by atoms with Crippen LogP contribution in [0, 0.1) is 0 Å². The fourth-order valence-corrected chi connectivity index (χ4v) is 3.78. The Kier molecular flexibility index (Phi) is 4.97. The monoisotopic (exact) mass is 312 g/mol. The average molecular weight is 312 g/mol. The number of benzene rings is 1. The van der Waals surface area contributed by atoms with E-state index < -0.39 is 16.0 Å². The van der Waals surface area contributed by atoms with Gasteiger partial charge in [-0.2, -0.15) is 4.31 Å². The van der Waals surface area contributed by atoms with Crippen LogP contribution in [0.15, 0.2) is 24.3 Å². The lowest BCUT2D eigenvalue weighted by molar-refractivity contribution is 0.0600. The second-order valence-corrected chi connectivity index (χ2v) is 7.12. The maximum Gasteiger partial charge on any atom is 0.337 e. The summed E-state index contributed by atoms with van der Waals surface area (Å²) in [5, 5.41) is 0. The van der Waals surface area contributed by atoms with Crippen molar-refractivity contribution in [3.8, 4) is 0 Å². The normalized spacial score (nSPS) is 17.6. The van der Waals surface area contributed by atoms with Crippen molar-refractivity contribution in [2.45, 2.75) is 5.75 Å². The molecule has 0 bridgehead atoms. The maximum absolute atomic E-state index is 12.4. The molecule has 0 aromatic heterocycles. The van der Waals surface area contributed by atoms with E-state index in [-0.39, 0.29) is 5.75 Å². The van der Waals surface area contributed by atoms with Gasteiger partial charge in [0, 0.05) is 26.2 Å². The predicted octanol–water partition coefficient (Wildman–Crippen LogP) is 0.550. The standard InChI is InChI=1S/C14H20N2O4S/c1-15-6-8-16(9-7-15)21(18,19)11-12-4-3-5-13(10-12)14(17)20-2/h3-5,10H,6-9,11H2,1-2H3. The number of piperazine rings is 1. The zero-order valence-corrected chi connectivity index (χ0v) is 13.1. The summed E-state index contributed by atoms with van der Waals surface area (Å²) in [6.45, 7) is 2.49. The lowest BCUT2D eigenvalue weighted by Crippen LogP contribution is -2.47. The molecule has 0 amide bonds. The number of carbonyl (C=O) groups is 1. The van der Waals surface area contributed by atoms with E-state index in [2.05, 4.69) is 9.64 Å². The van der Waals surface area contributed by atoms with E-state index >= 15 is 0 Å². The summed E-state index contributed by atoms with van der Waals surface area (Å²) in [5.74, 6) is -0.560. The van der Waals surface area contributed by atoms with Gasteiger partial charge >= 0.3 is 5.97 Å². The first-order valence-corrected chi connectivity index (χ1v) is 8.37. The molecule has 2 rings (SSSR count). The van der Waals surface area contributed by atoms with Gasteiger partial charge in [-0.1, -0.05) is 12.1 Å². The van der Waals surface area contributed by atoms with Crippen LogP contribution in [-0.2, 0) is 20.5 Å². The van der Waals surface area contributed by atoms with Gasteiger partial charge in [-0.25, -0.2) is 13.2 Å². The number of esters is 1. The largest absolute Gasteiger partial charge is 0.465 e. The van der Waals surface area contributed by atoms with Crippen molar-refractivity contribution in [3.05, 3.63) is 35.4 Å². The van der Waals surface area contributed by atoms with Crippen LogP contribution in [0.1, 0.15) is 15.9 Å². The number of methoxy groups -OCH3 is 1. The van der Waals surface area contributed by atoms with Crippen LogP contribution >= 0.6 is 0 Å². The summed E-state index contributed by atoms with van der Waals surface area (Å²) in [7, 11) is -0.0769.